The molecule has 5 N–H and O–H groups in total. The van der Waals surface area contributed by atoms with E-state index in [1.807, 2.05) is 30.3 Å². The van der Waals surface area contributed by atoms with Crippen LogP contribution in [0.1, 0.15) is 5.56 Å². The molecular formula is C13H19NO5. The number of rotatable bonds is 4. The van der Waals surface area contributed by atoms with E-state index in [9.17, 15) is 10.2 Å². The van der Waals surface area contributed by atoms with Crippen molar-refractivity contribution in [1.82, 2.24) is 0 Å². The van der Waals surface area contributed by atoms with Crippen molar-refractivity contribution >= 4 is 0 Å². The van der Waals surface area contributed by atoms with E-state index in [1.54, 1.807) is 0 Å². The Morgan fingerprint density at radius 3 is 2.47 bits per heavy atom. The Labute approximate surface area is 111 Å². The topological polar surface area (TPSA) is 105 Å². The SMILES string of the molecule is N[C@@H]1[C@H](O)[C@@H](OCc2ccccc2)O[C@@H](CO)[C@H]1O. The van der Waals surface area contributed by atoms with Crippen LogP contribution in [0.3, 0.4) is 0 Å². The second-order valence-electron chi connectivity index (χ2n) is 4.58. The number of aliphatic hydroxyl groups is 3. The molecule has 0 unspecified atom stereocenters. The van der Waals surface area contributed by atoms with Gasteiger partial charge in [-0.05, 0) is 5.56 Å². The van der Waals surface area contributed by atoms with Crippen molar-refractivity contribution in [3.05, 3.63) is 35.9 Å². The summed E-state index contributed by atoms with van der Waals surface area (Å²) in [5.74, 6) is 0. The fraction of sp³-hybridized carbons (Fsp3) is 0.538. The smallest absolute Gasteiger partial charge is 0.186 e. The van der Waals surface area contributed by atoms with Crippen LogP contribution >= 0.6 is 0 Å². The molecular weight excluding hydrogens is 250 g/mol. The first kappa shape index (κ1) is 14.4. The van der Waals surface area contributed by atoms with Gasteiger partial charge < -0.3 is 30.5 Å². The third kappa shape index (κ3) is 3.30. The number of nitrogens with two attached hydrogens (primary N) is 1. The number of hydrogen-bond acceptors (Lipinski definition) is 6. The van der Waals surface area contributed by atoms with Gasteiger partial charge in [0.15, 0.2) is 6.29 Å². The molecule has 19 heavy (non-hydrogen) atoms. The van der Waals surface area contributed by atoms with E-state index in [4.69, 9.17) is 20.3 Å². The second kappa shape index (κ2) is 6.42. The zero-order chi connectivity index (χ0) is 13.8. The molecule has 0 bridgehead atoms. The van der Waals surface area contributed by atoms with Crippen molar-refractivity contribution in [2.24, 2.45) is 5.73 Å². The Hall–Kier alpha value is -1.02. The highest BCUT2D eigenvalue weighted by molar-refractivity contribution is 5.13. The van der Waals surface area contributed by atoms with Crippen LogP contribution in [-0.4, -0.2) is 52.6 Å². The minimum absolute atomic E-state index is 0.254. The highest BCUT2D eigenvalue weighted by atomic mass is 16.7. The summed E-state index contributed by atoms with van der Waals surface area (Å²) in [6, 6.07) is 8.50. The first-order valence-electron chi connectivity index (χ1n) is 6.17. The second-order valence-corrected chi connectivity index (χ2v) is 4.58. The van der Waals surface area contributed by atoms with Gasteiger partial charge in [-0.1, -0.05) is 30.3 Å². The van der Waals surface area contributed by atoms with Crippen LogP contribution in [0.4, 0.5) is 0 Å². The molecule has 0 radical (unpaired) electrons. The Morgan fingerprint density at radius 1 is 1.16 bits per heavy atom. The van der Waals surface area contributed by atoms with E-state index >= 15 is 0 Å². The summed E-state index contributed by atoms with van der Waals surface area (Å²) in [4.78, 5) is 0. The maximum atomic E-state index is 9.88. The standard InChI is InChI=1S/C13H19NO5/c14-10-11(16)9(6-15)19-13(12(10)17)18-7-8-4-2-1-3-5-8/h1-5,9-13,15-17H,6-7,14H2/t9-,10-,11+,12-,13-/m0/s1. The van der Waals surface area contributed by atoms with E-state index in [-0.39, 0.29) is 13.2 Å². The van der Waals surface area contributed by atoms with Crippen LogP contribution < -0.4 is 5.73 Å². The minimum atomic E-state index is -1.14. The molecule has 1 aromatic rings. The first-order valence-corrected chi connectivity index (χ1v) is 6.17. The van der Waals surface area contributed by atoms with Gasteiger partial charge in [-0.25, -0.2) is 0 Å². The van der Waals surface area contributed by atoms with Crippen molar-refractivity contribution in [3.8, 4) is 0 Å². The zero-order valence-electron chi connectivity index (χ0n) is 10.4. The Bertz CT molecular complexity index is 386. The van der Waals surface area contributed by atoms with Crippen molar-refractivity contribution in [3.63, 3.8) is 0 Å². The molecule has 2 rings (SSSR count). The molecule has 1 aliphatic heterocycles. The monoisotopic (exact) mass is 269 g/mol. The highest BCUT2D eigenvalue weighted by Crippen LogP contribution is 2.21. The van der Waals surface area contributed by atoms with Crippen LogP contribution in [-0.2, 0) is 16.1 Å². The average molecular weight is 269 g/mol. The predicted octanol–water partition coefficient (Wildman–Crippen LogP) is -1.03. The lowest BCUT2D eigenvalue weighted by Crippen LogP contribution is -2.62. The normalized spacial score (nSPS) is 35.3. The highest BCUT2D eigenvalue weighted by Gasteiger charge is 2.42. The lowest BCUT2D eigenvalue weighted by molar-refractivity contribution is -0.279. The molecule has 5 atom stereocenters. The molecule has 0 amide bonds. The number of aliphatic hydroxyl groups excluding tert-OH is 3. The van der Waals surface area contributed by atoms with E-state index in [1.165, 1.54) is 0 Å². The van der Waals surface area contributed by atoms with Crippen molar-refractivity contribution < 1.29 is 24.8 Å². The quantitative estimate of drug-likeness (QED) is 0.557. The molecule has 1 fully saturated rings. The van der Waals surface area contributed by atoms with Crippen molar-refractivity contribution in [1.29, 1.82) is 0 Å². The van der Waals surface area contributed by atoms with Gasteiger partial charge in [0.2, 0.25) is 0 Å². The van der Waals surface area contributed by atoms with E-state index in [0.717, 1.165) is 5.56 Å². The van der Waals surface area contributed by atoms with Crippen LogP contribution in [0, 0.1) is 0 Å². The van der Waals surface area contributed by atoms with Crippen LogP contribution in [0.15, 0.2) is 30.3 Å². The average Bonchev–Trinajstić information content (AvgIpc) is 2.45. The van der Waals surface area contributed by atoms with Crippen molar-refractivity contribution in [2.75, 3.05) is 6.61 Å². The molecule has 1 saturated heterocycles. The predicted molar refractivity (Wildman–Crippen MR) is 67.0 cm³/mol. The fourth-order valence-electron chi connectivity index (χ4n) is 2.01. The molecule has 106 valence electrons. The summed E-state index contributed by atoms with van der Waals surface area (Å²) in [6.45, 7) is -0.129. The summed E-state index contributed by atoms with van der Waals surface area (Å²) < 4.78 is 10.8. The molecule has 6 heteroatoms. The van der Waals surface area contributed by atoms with E-state index in [2.05, 4.69) is 0 Å². The molecule has 0 aliphatic carbocycles. The maximum absolute atomic E-state index is 9.88. The number of ether oxygens (including phenoxy) is 2. The molecule has 1 aromatic carbocycles. The van der Waals surface area contributed by atoms with Gasteiger partial charge >= 0.3 is 0 Å². The zero-order valence-corrected chi connectivity index (χ0v) is 10.4. The maximum Gasteiger partial charge on any atom is 0.186 e. The summed E-state index contributed by atoms with van der Waals surface area (Å²) in [5, 5.41) is 28.7. The van der Waals surface area contributed by atoms with Crippen LogP contribution in [0.2, 0.25) is 0 Å². The van der Waals surface area contributed by atoms with Crippen LogP contribution in [0.5, 0.6) is 0 Å². The minimum Gasteiger partial charge on any atom is -0.394 e. The van der Waals surface area contributed by atoms with E-state index in [0.29, 0.717) is 0 Å². The first-order chi connectivity index (χ1) is 9.13. The summed E-state index contributed by atoms with van der Waals surface area (Å²) in [5.41, 5.74) is 6.61. The molecule has 0 saturated carbocycles. The molecule has 6 nitrogen and oxygen atoms in total. The Balaban J connectivity index is 1.95. The van der Waals surface area contributed by atoms with Gasteiger partial charge in [0.1, 0.15) is 18.3 Å². The molecule has 0 aromatic heterocycles. The van der Waals surface area contributed by atoms with Gasteiger partial charge in [0.05, 0.1) is 19.3 Å². The molecule has 0 spiro atoms. The summed E-state index contributed by atoms with van der Waals surface area (Å²) in [6.07, 6.45) is -4.06. The number of hydrogen-bond donors (Lipinski definition) is 4. The summed E-state index contributed by atoms with van der Waals surface area (Å²) >= 11 is 0. The van der Waals surface area contributed by atoms with E-state index < -0.39 is 30.6 Å². The molecule has 1 heterocycles. The largest absolute Gasteiger partial charge is 0.394 e. The van der Waals surface area contributed by atoms with Gasteiger partial charge in [-0.2, -0.15) is 0 Å². The lowest BCUT2D eigenvalue weighted by Gasteiger charge is -2.40. The number of benzene rings is 1. The summed E-state index contributed by atoms with van der Waals surface area (Å²) in [7, 11) is 0. The van der Waals surface area contributed by atoms with Gasteiger partial charge in [-0.3, -0.25) is 0 Å². The Morgan fingerprint density at radius 2 is 1.84 bits per heavy atom. The Kier molecular flexibility index (Phi) is 4.87. The third-order valence-corrected chi connectivity index (χ3v) is 3.19. The third-order valence-electron chi connectivity index (χ3n) is 3.19. The van der Waals surface area contributed by atoms with Gasteiger partial charge in [0, 0.05) is 0 Å². The fourth-order valence-corrected chi connectivity index (χ4v) is 2.01. The van der Waals surface area contributed by atoms with Crippen LogP contribution in [0.25, 0.3) is 0 Å². The van der Waals surface area contributed by atoms with Gasteiger partial charge in [0.25, 0.3) is 0 Å². The van der Waals surface area contributed by atoms with Crippen molar-refractivity contribution in [2.45, 2.75) is 37.3 Å². The molecule has 1 aliphatic rings. The van der Waals surface area contributed by atoms with Gasteiger partial charge in [-0.15, -0.1) is 0 Å². The lowest BCUT2D eigenvalue weighted by atomic mass is 9.97.